The van der Waals surface area contributed by atoms with Crippen molar-refractivity contribution in [2.45, 2.75) is 11.1 Å². The molecule has 1 aliphatic rings. The molecular formula is C5H6Cl2O3. The molecule has 0 fully saturated rings. The van der Waals surface area contributed by atoms with Gasteiger partial charge in [0, 0.05) is 0 Å². The lowest BCUT2D eigenvalue weighted by molar-refractivity contribution is -0.0255. The molecule has 3 nitrogen and oxygen atoms in total. The van der Waals surface area contributed by atoms with Gasteiger partial charge in [-0.25, -0.2) is 0 Å². The van der Waals surface area contributed by atoms with Crippen molar-refractivity contribution in [1.29, 1.82) is 0 Å². The Morgan fingerprint density at radius 2 is 2.40 bits per heavy atom. The van der Waals surface area contributed by atoms with Crippen molar-refractivity contribution in [3.63, 3.8) is 0 Å². The fourth-order valence-electron chi connectivity index (χ4n) is 0.533. The van der Waals surface area contributed by atoms with Crippen LogP contribution in [0, 0.1) is 0 Å². The van der Waals surface area contributed by atoms with Crippen LogP contribution in [0.15, 0.2) is 12.0 Å². The minimum atomic E-state index is -0.736. The van der Waals surface area contributed by atoms with E-state index < -0.39 is 11.1 Å². The van der Waals surface area contributed by atoms with Crippen LogP contribution in [-0.4, -0.2) is 22.8 Å². The maximum absolute atomic E-state index is 8.51. The fraction of sp³-hybridized carbons (Fsp3) is 0.600. The summed E-state index contributed by atoms with van der Waals surface area (Å²) in [4.78, 5) is -0.736. The van der Waals surface area contributed by atoms with Gasteiger partial charge in [-0.05, 0) is 0 Å². The molecule has 1 atom stereocenters. The second-order valence-electron chi connectivity index (χ2n) is 1.70. The minimum absolute atomic E-state index is 0.197. The predicted octanol–water partition coefficient (Wildman–Crippen LogP) is 0.997. The molecule has 0 radical (unpaired) electrons. The molecule has 0 aromatic rings. The van der Waals surface area contributed by atoms with Crippen LogP contribution >= 0.6 is 23.2 Å². The van der Waals surface area contributed by atoms with Crippen molar-refractivity contribution >= 4 is 23.2 Å². The Balaban J connectivity index is 2.36. The molecule has 0 amide bonds. The number of alkyl halides is 2. The first-order valence-electron chi connectivity index (χ1n) is 2.64. The molecular weight excluding hydrogens is 179 g/mol. The molecule has 1 N–H and O–H groups in total. The maximum atomic E-state index is 8.51. The summed E-state index contributed by atoms with van der Waals surface area (Å²) in [5.74, 6) is 0.344. The normalized spacial score (nSPS) is 24.0. The van der Waals surface area contributed by atoms with Crippen LogP contribution in [-0.2, 0) is 9.47 Å². The molecule has 1 heterocycles. The molecule has 0 aromatic carbocycles. The third-order valence-electron chi connectivity index (χ3n) is 0.963. The Morgan fingerprint density at radius 1 is 1.70 bits per heavy atom. The summed E-state index contributed by atoms with van der Waals surface area (Å²) < 4.78 is 9.71. The molecule has 1 unspecified atom stereocenters. The highest BCUT2D eigenvalue weighted by Crippen LogP contribution is 2.21. The summed E-state index contributed by atoms with van der Waals surface area (Å²) in [7, 11) is 0. The van der Waals surface area contributed by atoms with Crippen LogP contribution in [0.5, 0.6) is 0 Å². The van der Waals surface area contributed by atoms with Crippen LogP contribution in [0.2, 0.25) is 0 Å². The smallest absolute Gasteiger partial charge is 0.270 e. The molecule has 0 bridgehead atoms. The van der Waals surface area contributed by atoms with Gasteiger partial charge >= 0.3 is 0 Å². The molecule has 1 aliphatic heterocycles. The van der Waals surface area contributed by atoms with E-state index in [4.69, 9.17) is 37.8 Å². The number of aliphatic hydroxyl groups is 1. The van der Waals surface area contributed by atoms with Crippen LogP contribution in [0.3, 0.4) is 0 Å². The van der Waals surface area contributed by atoms with Crippen molar-refractivity contribution in [2.24, 2.45) is 0 Å². The lowest BCUT2D eigenvalue weighted by Crippen LogP contribution is -2.17. The molecule has 58 valence electrons. The topological polar surface area (TPSA) is 38.7 Å². The standard InChI is InChI=1S/C5H6Cl2O3/c6-4(7)5-9-2-3(1-8)10-5/h2,4-5,8H,1H2. The van der Waals surface area contributed by atoms with E-state index in [1.165, 1.54) is 6.26 Å². The Labute approximate surface area is 68.1 Å². The largest absolute Gasteiger partial charge is 0.456 e. The SMILES string of the molecule is OCC1=COC(C(Cl)Cl)O1. The van der Waals surface area contributed by atoms with Gasteiger partial charge in [0.15, 0.2) is 10.6 Å². The van der Waals surface area contributed by atoms with E-state index >= 15 is 0 Å². The van der Waals surface area contributed by atoms with Gasteiger partial charge in [-0.2, -0.15) is 0 Å². The number of aliphatic hydroxyl groups excluding tert-OH is 1. The van der Waals surface area contributed by atoms with E-state index in [1.807, 2.05) is 0 Å². The zero-order chi connectivity index (χ0) is 7.56. The summed E-state index contributed by atoms with van der Waals surface area (Å²) in [5, 5.41) is 8.51. The number of hydrogen-bond acceptors (Lipinski definition) is 3. The van der Waals surface area contributed by atoms with Crippen LogP contribution in [0.4, 0.5) is 0 Å². The van der Waals surface area contributed by atoms with Crippen molar-refractivity contribution < 1.29 is 14.6 Å². The molecule has 0 saturated carbocycles. The first-order chi connectivity index (χ1) is 4.74. The van der Waals surface area contributed by atoms with Gasteiger partial charge in [0.05, 0.1) is 0 Å². The molecule has 0 saturated heterocycles. The first kappa shape index (κ1) is 7.98. The van der Waals surface area contributed by atoms with Gasteiger partial charge in [-0.15, -0.1) is 0 Å². The first-order valence-corrected chi connectivity index (χ1v) is 3.51. The second-order valence-corrected chi connectivity index (χ2v) is 2.86. The molecule has 10 heavy (non-hydrogen) atoms. The average Bonchev–Trinajstić information content (AvgIpc) is 2.34. The van der Waals surface area contributed by atoms with Gasteiger partial charge < -0.3 is 14.6 Å². The summed E-state index contributed by atoms with van der Waals surface area (Å²) in [5.41, 5.74) is 0. The molecule has 5 heteroatoms. The lowest BCUT2D eigenvalue weighted by Gasteiger charge is -2.10. The molecule has 0 aliphatic carbocycles. The van der Waals surface area contributed by atoms with Crippen LogP contribution in [0.25, 0.3) is 0 Å². The highest BCUT2D eigenvalue weighted by molar-refractivity contribution is 6.44. The second kappa shape index (κ2) is 3.32. The van der Waals surface area contributed by atoms with E-state index in [1.54, 1.807) is 0 Å². The van der Waals surface area contributed by atoms with Crippen molar-refractivity contribution in [2.75, 3.05) is 6.61 Å². The van der Waals surface area contributed by atoms with Crippen molar-refractivity contribution in [3.8, 4) is 0 Å². The molecule has 1 rings (SSSR count). The number of hydrogen-bond donors (Lipinski definition) is 1. The maximum Gasteiger partial charge on any atom is 0.270 e. The minimum Gasteiger partial charge on any atom is -0.456 e. The van der Waals surface area contributed by atoms with E-state index in [2.05, 4.69) is 0 Å². The lowest BCUT2D eigenvalue weighted by atomic mass is 10.6. The highest BCUT2D eigenvalue weighted by Gasteiger charge is 2.25. The fourth-order valence-corrected chi connectivity index (χ4v) is 0.755. The monoisotopic (exact) mass is 184 g/mol. The summed E-state index contributed by atoms with van der Waals surface area (Å²) in [6.45, 7) is -0.197. The van der Waals surface area contributed by atoms with Gasteiger partial charge in [-0.3, -0.25) is 0 Å². The van der Waals surface area contributed by atoms with Crippen LogP contribution < -0.4 is 0 Å². The van der Waals surface area contributed by atoms with E-state index in [0.29, 0.717) is 5.76 Å². The van der Waals surface area contributed by atoms with Crippen molar-refractivity contribution in [1.82, 2.24) is 0 Å². The summed E-state index contributed by atoms with van der Waals surface area (Å²) >= 11 is 10.8. The molecule has 0 aromatic heterocycles. The number of rotatable bonds is 2. The van der Waals surface area contributed by atoms with Crippen molar-refractivity contribution in [3.05, 3.63) is 12.0 Å². The third kappa shape index (κ3) is 1.68. The zero-order valence-electron chi connectivity index (χ0n) is 4.96. The van der Waals surface area contributed by atoms with E-state index in [-0.39, 0.29) is 6.61 Å². The van der Waals surface area contributed by atoms with Crippen LogP contribution in [0.1, 0.15) is 0 Å². The third-order valence-corrected chi connectivity index (χ3v) is 1.37. The zero-order valence-corrected chi connectivity index (χ0v) is 6.47. The quantitative estimate of drug-likeness (QED) is 0.652. The predicted molar refractivity (Wildman–Crippen MR) is 36.6 cm³/mol. The Hall–Kier alpha value is -0.120. The van der Waals surface area contributed by atoms with Gasteiger partial charge in [0.25, 0.3) is 6.29 Å². The Kier molecular flexibility index (Phi) is 2.65. The van der Waals surface area contributed by atoms with Gasteiger partial charge in [0.2, 0.25) is 0 Å². The Morgan fingerprint density at radius 3 is 2.70 bits per heavy atom. The average molecular weight is 185 g/mol. The van der Waals surface area contributed by atoms with Gasteiger partial charge in [0.1, 0.15) is 12.9 Å². The summed E-state index contributed by atoms with van der Waals surface area (Å²) in [6.07, 6.45) is 0.619. The molecule has 0 spiro atoms. The highest BCUT2D eigenvalue weighted by atomic mass is 35.5. The summed E-state index contributed by atoms with van der Waals surface area (Å²) in [6, 6.07) is 0. The number of ether oxygens (including phenoxy) is 2. The Bertz CT molecular complexity index is 146. The van der Waals surface area contributed by atoms with Gasteiger partial charge in [-0.1, -0.05) is 23.2 Å². The number of halogens is 2. The van der Waals surface area contributed by atoms with E-state index in [0.717, 1.165) is 0 Å². The van der Waals surface area contributed by atoms with E-state index in [9.17, 15) is 0 Å².